The standard InChI is InChI=1S/C22H26ClN2O3/c1-3-4-11-24-19-7-5-6-8-20(19)25(12-13-28-15-14-27-2)22(26)18-10-9-17(23)16-21(18)24/h5-10,16H,1,3-4,11-15H2,2H3. The highest BCUT2D eigenvalue weighted by Gasteiger charge is 2.30. The number of carbonyl (C=O) groups excluding carboxylic acids is 1. The van der Waals surface area contributed by atoms with Gasteiger partial charge in [-0.1, -0.05) is 37.1 Å². The Morgan fingerprint density at radius 1 is 0.964 bits per heavy atom. The molecule has 0 N–H and O–H groups in total. The highest BCUT2D eigenvalue weighted by Crippen LogP contribution is 2.41. The molecule has 0 saturated carbocycles. The van der Waals surface area contributed by atoms with E-state index in [9.17, 15) is 4.79 Å². The number of hydrogen-bond donors (Lipinski definition) is 0. The molecule has 1 heterocycles. The fraction of sp³-hybridized carbons (Fsp3) is 0.364. The molecule has 0 aromatic heterocycles. The van der Waals surface area contributed by atoms with Gasteiger partial charge in [0.15, 0.2) is 0 Å². The number of hydrogen-bond acceptors (Lipinski definition) is 4. The summed E-state index contributed by atoms with van der Waals surface area (Å²) in [4.78, 5) is 17.4. The van der Waals surface area contributed by atoms with Gasteiger partial charge in [0.2, 0.25) is 0 Å². The molecule has 0 spiro atoms. The maximum absolute atomic E-state index is 13.4. The number of unbranched alkanes of at least 4 members (excludes halogenated alkanes) is 1. The molecule has 0 bridgehead atoms. The molecule has 28 heavy (non-hydrogen) atoms. The van der Waals surface area contributed by atoms with Crippen LogP contribution < -0.4 is 9.80 Å². The van der Waals surface area contributed by atoms with E-state index >= 15 is 0 Å². The van der Waals surface area contributed by atoms with Gasteiger partial charge in [-0.15, -0.1) is 0 Å². The van der Waals surface area contributed by atoms with Crippen molar-refractivity contribution in [2.45, 2.75) is 12.8 Å². The van der Waals surface area contributed by atoms with Gasteiger partial charge in [0.25, 0.3) is 5.91 Å². The van der Waals surface area contributed by atoms with Gasteiger partial charge in [-0.25, -0.2) is 0 Å². The summed E-state index contributed by atoms with van der Waals surface area (Å²) in [5.41, 5.74) is 3.34. The zero-order valence-corrected chi connectivity index (χ0v) is 17.0. The van der Waals surface area contributed by atoms with Crippen molar-refractivity contribution >= 4 is 34.6 Å². The smallest absolute Gasteiger partial charge is 0.260 e. The van der Waals surface area contributed by atoms with E-state index in [-0.39, 0.29) is 5.91 Å². The maximum Gasteiger partial charge on any atom is 0.260 e. The molecule has 0 unspecified atom stereocenters. The van der Waals surface area contributed by atoms with Gasteiger partial charge in [0.1, 0.15) is 0 Å². The second-order valence-electron chi connectivity index (χ2n) is 6.57. The van der Waals surface area contributed by atoms with Crippen molar-refractivity contribution < 1.29 is 14.3 Å². The molecule has 0 saturated heterocycles. The predicted molar refractivity (Wildman–Crippen MR) is 114 cm³/mol. The summed E-state index contributed by atoms with van der Waals surface area (Å²) >= 11 is 6.28. The van der Waals surface area contributed by atoms with Gasteiger partial charge >= 0.3 is 0 Å². The topological polar surface area (TPSA) is 42.0 Å². The maximum atomic E-state index is 13.4. The highest BCUT2D eigenvalue weighted by molar-refractivity contribution is 6.31. The van der Waals surface area contributed by atoms with Crippen LogP contribution in [0.5, 0.6) is 0 Å². The van der Waals surface area contributed by atoms with Crippen LogP contribution in [0.15, 0.2) is 42.5 Å². The average Bonchev–Trinajstić information content (AvgIpc) is 2.80. The summed E-state index contributed by atoms with van der Waals surface area (Å²) < 4.78 is 10.6. The number of methoxy groups -OCH3 is 1. The van der Waals surface area contributed by atoms with Crippen LogP contribution >= 0.6 is 11.6 Å². The first-order chi connectivity index (χ1) is 13.7. The SMILES string of the molecule is [CH2]CCCN1c2cc(Cl)ccc2C(=O)N(CCOCCOC)c2ccccc21. The monoisotopic (exact) mass is 401 g/mol. The molecular weight excluding hydrogens is 376 g/mol. The van der Waals surface area contributed by atoms with E-state index in [0.29, 0.717) is 37.0 Å². The van der Waals surface area contributed by atoms with E-state index in [4.69, 9.17) is 21.1 Å². The Kier molecular flexibility index (Phi) is 7.31. The molecule has 6 heteroatoms. The molecule has 0 atom stereocenters. The summed E-state index contributed by atoms with van der Waals surface area (Å²) in [5.74, 6) is -0.0495. The molecule has 0 fully saturated rings. The molecule has 1 amide bonds. The molecule has 1 radical (unpaired) electrons. The minimum atomic E-state index is -0.0495. The van der Waals surface area contributed by atoms with E-state index in [1.54, 1.807) is 18.1 Å². The normalized spacial score (nSPS) is 13.3. The first-order valence-corrected chi connectivity index (χ1v) is 9.89. The number of benzene rings is 2. The lowest BCUT2D eigenvalue weighted by Crippen LogP contribution is -2.33. The lowest BCUT2D eigenvalue weighted by atomic mass is 10.1. The van der Waals surface area contributed by atoms with Crippen LogP contribution in [0.1, 0.15) is 23.2 Å². The van der Waals surface area contributed by atoms with Crippen molar-refractivity contribution in [3.63, 3.8) is 0 Å². The molecule has 5 nitrogen and oxygen atoms in total. The second kappa shape index (κ2) is 9.92. The minimum absolute atomic E-state index is 0.0495. The Balaban J connectivity index is 2.00. The van der Waals surface area contributed by atoms with Gasteiger partial charge in [0, 0.05) is 25.2 Å². The third-order valence-electron chi connectivity index (χ3n) is 4.71. The molecule has 0 aliphatic carbocycles. The van der Waals surface area contributed by atoms with Crippen LogP contribution in [-0.4, -0.2) is 45.9 Å². The number of rotatable bonds is 9. The van der Waals surface area contributed by atoms with Crippen molar-refractivity contribution in [1.29, 1.82) is 0 Å². The summed E-state index contributed by atoms with van der Waals surface area (Å²) in [6.45, 7) is 6.66. The number of carbonyl (C=O) groups is 1. The summed E-state index contributed by atoms with van der Waals surface area (Å²) in [5, 5.41) is 0.611. The summed E-state index contributed by atoms with van der Waals surface area (Å²) in [6, 6.07) is 13.4. The summed E-state index contributed by atoms with van der Waals surface area (Å²) in [6.07, 6.45) is 1.73. The van der Waals surface area contributed by atoms with Gasteiger partial charge in [-0.05, 0) is 36.8 Å². The van der Waals surface area contributed by atoms with Gasteiger partial charge < -0.3 is 19.3 Å². The average molecular weight is 402 g/mol. The molecule has 1 aliphatic heterocycles. The van der Waals surface area contributed by atoms with E-state index in [1.165, 1.54) is 0 Å². The molecule has 3 rings (SSSR count). The third-order valence-corrected chi connectivity index (χ3v) is 4.95. The van der Waals surface area contributed by atoms with Crippen LogP contribution in [-0.2, 0) is 9.47 Å². The van der Waals surface area contributed by atoms with Crippen molar-refractivity contribution in [2.75, 3.05) is 49.8 Å². The van der Waals surface area contributed by atoms with Gasteiger partial charge in [-0.2, -0.15) is 0 Å². The van der Waals surface area contributed by atoms with Crippen LogP contribution in [0.4, 0.5) is 17.1 Å². The number of anilines is 3. The molecule has 149 valence electrons. The number of amides is 1. The quantitative estimate of drug-likeness (QED) is 0.570. The Morgan fingerprint density at radius 2 is 1.71 bits per heavy atom. The third kappa shape index (κ3) is 4.49. The van der Waals surface area contributed by atoms with E-state index in [1.807, 2.05) is 36.4 Å². The molecule has 2 aromatic rings. The number of para-hydroxylation sites is 2. The van der Waals surface area contributed by atoms with Crippen molar-refractivity contribution in [1.82, 2.24) is 0 Å². The second-order valence-corrected chi connectivity index (χ2v) is 7.01. The Bertz CT molecular complexity index is 812. The fourth-order valence-corrected chi connectivity index (χ4v) is 3.51. The van der Waals surface area contributed by atoms with Crippen molar-refractivity contribution in [3.8, 4) is 0 Å². The zero-order valence-electron chi connectivity index (χ0n) is 16.2. The largest absolute Gasteiger partial charge is 0.382 e. The lowest BCUT2D eigenvalue weighted by molar-refractivity contribution is 0.0722. The number of ether oxygens (including phenoxy) is 2. The van der Waals surface area contributed by atoms with Crippen LogP contribution in [0.2, 0.25) is 5.02 Å². The van der Waals surface area contributed by atoms with Crippen LogP contribution in [0.25, 0.3) is 0 Å². The lowest BCUT2D eigenvalue weighted by Gasteiger charge is -2.27. The number of halogens is 1. The molecule has 1 aliphatic rings. The molecule has 2 aromatic carbocycles. The Hall–Kier alpha value is -2.08. The summed E-state index contributed by atoms with van der Waals surface area (Å²) in [7, 11) is 1.64. The molecular formula is C22H26ClN2O3. The fourth-order valence-electron chi connectivity index (χ4n) is 3.35. The number of nitrogens with zero attached hydrogens (tertiary/aromatic N) is 2. The van der Waals surface area contributed by atoms with E-state index in [2.05, 4.69) is 11.8 Å². The highest BCUT2D eigenvalue weighted by atomic mass is 35.5. The Labute approximate surface area is 171 Å². The van der Waals surface area contributed by atoms with Crippen LogP contribution in [0.3, 0.4) is 0 Å². The van der Waals surface area contributed by atoms with Gasteiger partial charge in [-0.3, -0.25) is 4.79 Å². The van der Waals surface area contributed by atoms with Crippen LogP contribution in [0, 0.1) is 6.92 Å². The van der Waals surface area contributed by atoms with Crippen molar-refractivity contribution in [3.05, 3.63) is 60.0 Å². The van der Waals surface area contributed by atoms with E-state index in [0.717, 1.165) is 36.4 Å². The van der Waals surface area contributed by atoms with Gasteiger partial charge in [0.05, 0.1) is 42.4 Å². The first-order valence-electron chi connectivity index (χ1n) is 9.51. The predicted octanol–water partition coefficient (Wildman–Crippen LogP) is 4.72. The minimum Gasteiger partial charge on any atom is -0.382 e. The van der Waals surface area contributed by atoms with Crippen molar-refractivity contribution in [2.24, 2.45) is 0 Å². The number of fused-ring (bicyclic) bond motifs is 2. The van der Waals surface area contributed by atoms with E-state index < -0.39 is 0 Å². The first kappa shape index (κ1) is 20.6. The zero-order chi connectivity index (χ0) is 19.9. The Morgan fingerprint density at radius 3 is 2.43 bits per heavy atom.